The highest BCUT2D eigenvalue weighted by atomic mass is 32.1. The molecular weight excluding hydrogens is 609 g/mol. The number of hydrogen-bond acceptors (Lipinski definition) is 6. The van der Waals surface area contributed by atoms with Crippen molar-refractivity contribution in [1.82, 2.24) is 19.9 Å². The summed E-state index contributed by atoms with van der Waals surface area (Å²) in [6.07, 6.45) is 3.61. The summed E-state index contributed by atoms with van der Waals surface area (Å²) in [5.74, 6) is 1.79. The van der Waals surface area contributed by atoms with Crippen molar-refractivity contribution in [3.8, 4) is 45.3 Å². The van der Waals surface area contributed by atoms with E-state index in [4.69, 9.17) is 19.4 Å². The first-order valence-corrected chi connectivity index (χ1v) is 16.6. The van der Waals surface area contributed by atoms with Crippen LogP contribution in [-0.4, -0.2) is 19.9 Å². The van der Waals surface area contributed by atoms with Gasteiger partial charge in [0.2, 0.25) is 0 Å². The first-order chi connectivity index (χ1) is 23.8. The first-order valence-electron chi connectivity index (χ1n) is 15.8. The lowest BCUT2D eigenvalue weighted by Gasteiger charge is -2.09. The monoisotopic (exact) mass is 632 g/mol. The van der Waals surface area contributed by atoms with Gasteiger partial charge in [-0.15, -0.1) is 11.3 Å². The Labute approximate surface area is 278 Å². The minimum absolute atomic E-state index is 0.552. The van der Waals surface area contributed by atoms with Gasteiger partial charge in [0.1, 0.15) is 5.58 Å². The van der Waals surface area contributed by atoms with E-state index in [1.54, 1.807) is 17.5 Å². The third-order valence-corrected chi connectivity index (χ3v) is 10.2. The van der Waals surface area contributed by atoms with Crippen LogP contribution in [0, 0.1) is 0 Å². The Morgan fingerprint density at radius 1 is 0.458 bits per heavy atom. The van der Waals surface area contributed by atoms with Gasteiger partial charge >= 0.3 is 0 Å². The molecule has 4 aromatic heterocycles. The lowest BCUT2D eigenvalue weighted by atomic mass is 9.99. The Hall–Kier alpha value is -6.24. The molecule has 224 valence electrons. The van der Waals surface area contributed by atoms with Gasteiger partial charge in [0.25, 0.3) is 0 Å². The average Bonchev–Trinajstić information content (AvgIpc) is 3.73. The molecule has 0 atom stereocenters. The van der Waals surface area contributed by atoms with E-state index in [-0.39, 0.29) is 0 Å². The fourth-order valence-electron chi connectivity index (χ4n) is 6.70. The zero-order chi connectivity index (χ0) is 31.6. The smallest absolute Gasteiger partial charge is 0.166 e. The van der Waals surface area contributed by atoms with Gasteiger partial charge in [-0.05, 0) is 52.2 Å². The zero-order valence-corrected chi connectivity index (χ0v) is 26.3. The van der Waals surface area contributed by atoms with Crippen LogP contribution in [-0.2, 0) is 0 Å². The molecule has 6 aromatic carbocycles. The van der Waals surface area contributed by atoms with E-state index in [0.717, 1.165) is 48.9 Å². The number of aromatic nitrogens is 4. The molecule has 0 N–H and O–H groups in total. The highest BCUT2D eigenvalue weighted by Crippen LogP contribution is 2.41. The number of fused-ring (bicyclic) bond motifs is 7. The molecule has 10 rings (SSSR count). The molecule has 4 heterocycles. The number of benzene rings is 6. The molecular formula is C42H24N4OS. The van der Waals surface area contributed by atoms with Gasteiger partial charge in [-0.2, -0.15) is 0 Å². The molecule has 48 heavy (non-hydrogen) atoms. The van der Waals surface area contributed by atoms with E-state index >= 15 is 0 Å². The molecule has 0 aliphatic rings. The molecule has 5 nitrogen and oxygen atoms in total. The maximum absolute atomic E-state index is 6.45. The van der Waals surface area contributed by atoms with Crippen LogP contribution in [0.2, 0.25) is 0 Å². The van der Waals surface area contributed by atoms with Crippen molar-refractivity contribution < 1.29 is 4.42 Å². The second-order valence-corrected chi connectivity index (χ2v) is 12.9. The summed E-state index contributed by atoms with van der Waals surface area (Å²) < 4.78 is 8.84. The third-order valence-electron chi connectivity index (χ3n) is 9.02. The van der Waals surface area contributed by atoms with Crippen LogP contribution in [0.25, 0.3) is 98.2 Å². The Kier molecular flexibility index (Phi) is 5.98. The van der Waals surface area contributed by atoms with Crippen LogP contribution in [0.4, 0.5) is 0 Å². The van der Waals surface area contributed by atoms with Gasteiger partial charge < -0.3 is 4.42 Å². The Morgan fingerprint density at radius 3 is 2.10 bits per heavy atom. The number of nitrogens with zero attached hydrogens (tertiary/aromatic N) is 4. The predicted octanol–water partition coefficient (Wildman–Crippen LogP) is 11.4. The molecule has 0 aliphatic carbocycles. The Bertz CT molecular complexity index is 2860. The lowest BCUT2D eigenvalue weighted by molar-refractivity contribution is 0.667. The highest BCUT2D eigenvalue weighted by molar-refractivity contribution is 7.26. The summed E-state index contributed by atoms with van der Waals surface area (Å²) in [6, 6.07) is 46.3. The zero-order valence-electron chi connectivity index (χ0n) is 25.5. The summed E-state index contributed by atoms with van der Waals surface area (Å²) in [4.78, 5) is 19.9. The molecule has 0 fully saturated rings. The van der Waals surface area contributed by atoms with Crippen LogP contribution < -0.4 is 0 Å². The normalized spacial score (nSPS) is 11.8. The van der Waals surface area contributed by atoms with Crippen LogP contribution in [0.3, 0.4) is 0 Å². The maximum Gasteiger partial charge on any atom is 0.166 e. The van der Waals surface area contributed by atoms with Crippen molar-refractivity contribution >= 4 is 64.2 Å². The second-order valence-electron chi connectivity index (χ2n) is 11.9. The number of thiophene rings is 1. The van der Waals surface area contributed by atoms with Crippen molar-refractivity contribution in [3.63, 3.8) is 0 Å². The van der Waals surface area contributed by atoms with Gasteiger partial charge in [0, 0.05) is 53.8 Å². The Balaban J connectivity index is 1.18. The van der Waals surface area contributed by atoms with Gasteiger partial charge in [-0.25, -0.2) is 15.0 Å². The van der Waals surface area contributed by atoms with Gasteiger partial charge in [-0.1, -0.05) is 103 Å². The molecule has 0 saturated carbocycles. The fraction of sp³-hybridized carbons (Fsp3) is 0. The third kappa shape index (κ3) is 4.31. The molecule has 0 spiro atoms. The predicted molar refractivity (Wildman–Crippen MR) is 197 cm³/mol. The van der Waals surface area contributed by atoms with E-state index in [0.29, 0.717) is 23.1 Å². The SMILES string of the molecule is c1ccc(-c2nc(-c3cccc4c3sc3ccccc34)nc(-c3cncc4oc5cc(-c6ccc7ccccc7c6)ccc5c34)n2)cc1. The largest absolute Gasteiger partial charge is 0.454 e. The van der Waals surface area contributed by atoms with Crippen LogP contribution >= 0.6 is 11.3 Å². The summed E-state index contributed by atoms with van der Waals surface area (Å²) in [5, 5.41) is 6.78. The minimum Gasteiger partial charge on any atom is -0.454 e. The van der Waals surface area contributed by atoms with Crippen LogP contribution in [0.5, 0.6) is 0 Å². The van der Waals surface area contributed by atoms with Crippen molar-refractivity contribution in [2.45, 2.75) is 0 Å². The number of hydrogen-bond donors (Lipinski definition) is 0. The van der Waals surface area contributed by atoms with Crippen molar-refractivity contribution in [1.29, 1.82) is 0 Å². The molecule has 0 radical (unpaired) electrons. The molecule has 0 unspecified atom stereocenters. The van der Waals surface area contributed by atoms with E-state index in [1.807, 2.05) is 36.5 Å². The summed E-state index contributed by atoms with van der Waals surface area (Å²) >= 11 is 1.76. The molecule has 0 saturated heterocycles. The van der Waals surface area contributed by atoms with E-state index < -0.39 is 0 Å². The number of rotatable bonds is 4. The number of furan rings is 1. The number of pyridine rings is 1. The molecule has 0 amide bonds. The molecule has 0 bridgehead atoms. The summed E-state index contributed by atoms with van der Waals surface area (Å²) in [6.45, 7) is 0. The molecule has 6 heteroatoms. The highest BCUT2D eigenvalue weighted by Gasteiger charge is 2.20. The van der Waals surface area contributed by atoms with Gasteiger partial charge in [-0.3, -0.25) is 4.98 Å². The van der Waals surface area contributed by atoms with Crippen LogP contribution in [0.1, 0.15) is 0 Å². The topological polar surface area (TPSA) is 64.7 Å². The molecule has 0 aliphatic heterocycles. The minimum atomic E-state index is 0.552. The van der Waals surface area contributed by atoms with Crippen molar-refractivity contribution in [3.05, 3.63) is 146 Å². The van der Waals surface area contributed by atoms with E-state index in [1.165, 1.54) is 26.2 Å². The maximum atomic E-state index is 6.45. The summed E-state index contributed by atoms with van der Waals surface area (Å²) in [7, 11) is 0. The van der Waals surface area contributed by atoms with Crippen LogP contribution in [0.15, 0.2) is 150 Å². The van der Waals surface area contributed by atoms with Gasteiger partial charge in [0.05, 0.1) is 6.20 Å². The quantitative estimate of drug-likeness (QED) is 0.193. The average molecular weight is 633 g/mol. The van der Waals surface area contributed by atoms with Crippen molar-refractivity contribution in [2.24, 2.45) is 0 Å². The van der Waals surface area contributed by atoms with E-state index in [2.05, 4.69) is 108 Å². The molecule has 10 aromatic rings. The Morgan fingerprint density at radius 2 is 1.19 bits per heavy atom. The lowest BCUT2D eigenvalue weighted by Crippen LogP contribution is -2.00. The second kappa shape index (κ2) is 10.7. The van der Waals surface area contributed by atoms with E-state index in [9.17, 15) is 0 Å². The first kappa shape index (κ1) is 26.9. The van der Waals surface area contributed by atoms with Gasteiger partial charge in [0.15, 0.2) is 23.1 Å². The fourth-order valence-corrected chi connectivity index (χ4v) is 7.91. The summed E-state index contributed by atoms with van der Waals surface area (Å²) in [5.41, 5.74) is 6.40. The van der Waals surface area contributed by atoms with Crippen molar-refractivity contribution in [2.75, 3.05) is 0 Å². The standard InChI is InChI=1S/C42H24N4OS/c1-2-10-26(11-3-1)40-44-41(33-15-8-14-31-30-13-6-7-16-37(30)48-39(31)33)46-42(45-40)34-23-43-24-36-38(34)32-20-19-29(22-35(32)47-36)28-18-17-25-9-4-5-12-27(25)21-28/h1-24H.